The van der Waals surface area contributed by atoms with Gasteiger partial charge in [-0.25, -0.2) is 0 Å². The molecule has 1 aromatic rings. The number of carbonyl (C=O) groups excluding carboxylic acids is 2. The lowest BCUT2D eigenvalue weighted by Gasteiger charge is -2.44. The number of amides is 2. The molecule has 0 aromatic carbocycles. The number of rotatable bonds is 2. The van der Waals surface area contributed by atoms with Crippen molar-refractivity contribution in [1.82, 2.24) is 14.8 Å². The summed E-state index contributed by atoms with van der Waals surface area (Å²) in [5.74, 6) is -0.0853. The van der Waals surface area contributed by atoms with Crippen molar-refractivity contribution in [3.05, 3.63) is 33.7 Å². The molecule has 4 rings (SSSR count). The van der Waals surface area contributed by atoms with E-state index in [0.717, 1.165) is 37.9 Å². The molecule has 0 saturated carbocycles. The summed E-state index contributed by atoms with van der Waals surface area (Å²) in [6, 6.07) is 3.57. The number of hydrogen-bond acceptors (Lipinski definition) is 4. The molecular weight excluding hydrogens is 346 g/mol. The highest BCUT2D eigenvalue weighted by atomic mass is 16.5. The standard InChI is InChI=1S/C20H27N3O4/c1-14-3-4-16(17(24)21-14)18(25)22-10-8-20(13-22)7-2-9-23(19(20)26)15-5-11-27-12-6-15/h3-4,15H,2,5-13H2,1H3,(H,21,24)/t20-/m0/s1. The minimum atomic E-state index is -0.482. The molecule has 0 unspecified atom stereocenters. The zero-order chi connectivity index (χ0) is 19.0. The van der Waals surface area contributed by atoms with Crippen LogP contribution in [0.25, 0.3) is 0 Å². The average molecular weight is 373 g/mol. The minimum Gasteiger partial charge on any atom is -0.381 e. The zero-order valence-corrected chi connectivity index (χ0v) is 15.8. The number of piperidine rings is 1. The number of nitrogens with one attached hydrogen (secondary N) is 1. The first-order valence-electron chi connectivity index (χ1n) is 9.88. The lowest BCUT2D eigenvalue weighted by Crippen LogP contribution is -2.55. The molecule has 0 aliphatic carbocycles. The highest BCUT2D eigenvalue weighted by molar-refractivity contribution is 5.95. The molecule has 27 heavy (non-hydrogen) atoms. The number of hydrogen-bond donors (Lipinski definition) is 1. The second kappa shape index (κ2) is 7.11. The summed E-state index contributed by atoms with van der Waals surface area (Å²) in [4.78, 5) is 44.8. The SMILES string of the molecule is Cc1ccc(C(=O)N2CC[C@@]3(CCCN(C4CCOCC4)C3=O)C2)c(=O)[nH]1. The van der Waals surface area contributed by atoms with E-state index in [2.05, 4.69) is 4.98 Å². The Hall–Kier alpha value is -2.15. The Bertz CT molecular complexity index is 799. The Labute approximate surface area is 158 Å². The number of carbonyl (C=O) groups is 2. The number of H-pyrrole nitrogens is 1. The topological polar surface area (TPSA) is 82.7 Å². The van der Waals surface area contributed by atoms with Gasteiger partial charge >= 0.3 is 0 Å². The third-order valence-electron chi connectivity index (χ3n) is 6.33. The van der Waals surface area contributed by atoms with Crippen LogP contribution in [0.2, 0.25) is 0 Å². The number of pyridine rings is 1. The van der Waals surface area contributed by atoms with Gasteiger partial charge in [0.2, 0.25) is 5.91 Å². The maximum Gasteiger partial charge on any atom is 0.260 e. The molecule has 3 aliphatic rings. The first-order chi connectivity index (χ1) is 13.0. The summed E-state index contributed by atoms with van der Waals surface area (Å²) in [6.07, 6.45) is 4.25. The van der Waals surface area contributed by atoms with Crippen molar-refractivity contribution >= 4 is 11.8 Å². The van der Waals surface area contributed by atoms with Crippen LogP contribution in [-0.4, -0.2) is 65.5 Å². The summed E-state index contributed by atoms with van der Waals surface area (Å²) in [5.41, 5.74) is 0.0369. The summed E-state index contributed by atoms with van der Waals surface area (Å²) in [6.45, 7) is 4.95. The Kier molecular flexibility index (Phi) is 4.80. The monoisotopic (exact) mass is 373 g/mol. The fourth-order valence-corrected chi connectivity index (χ4v) is 4.78. The minimum absolute atomic E-state index is 0.155. The lowest BCUT2D eigenvalue weighted by molar-refractivity contribution is -0.150. The van der Waals surface area contributed by atoms with Crippen LogP contribution in [-0.2, 0) is 9.53 Å². The number of aryl methyl sites for hydroxylation is 1. The highest BCUT2D eigenvalue weighted by Gasteiger charge is 2.50. The van der Waals surface area contributed by atoms with Gasteiger partial charge in [-0.3, -0.25) is 14.4 Å². The number of aromatic nitrogens is 1. The summed E-state index contributed by atoms with van der Waals surface area (Å²) in [7, 11) is 0. The molecule has 1 spiro atoms. The molecular formula is C20H27N3O4. The van der Waals surface area contributed by atoms with Crippen LogP contribution in [0.3, 0.4) is 0 Å². The van der Waals surface area contributed by atoms with Crippen LogP contribution >= 0.6 is 0 Å². The van der Waals surface area contributed by atoms with Crippen LogP contribution in [0.4, 0.5) is 0 Å². The predicted octanol–water partition coefficient (Wildman–Crippen LogP) is 1.32. The van der Waals surface area contributed by atoms with E-state index >= 15 is 0 Å². The molecule has 4 heterocycles. The van der Waals surface area contributed by atoms with Crippen molar-refractivity contribution in [3.8, 4) is 0 Å². The van der Waals surface area contributed by atoms with Gasteiger partial charge in [0.05, 0.1) is 5.41 Å². The van der Waals surface area contributed by atoms with E-state index in [0.29, 0.717) is 32.7 Å². The van der Waals surface area contributed by atoms with Gasteiger partial charge in [-0.1, -0.05) is 0 Å². The predicted molar refractivity (Wildman–Crippen MR) is 99.5 cm³/mol. The second-order valence-electron chi connectivity index (χ2n) is 8.09. The average Bonchev–Trinajstić information content (AvgIpc) is 3.09. The number of aromatic amines is 1. The Balaban J connectivity index is 1.51. The largest absolute Gasteiger partial charge is 0.381 e. The van der Waals surface area contributed by atoms with Crippen LogP contribution in [0.5, 0.6) is 0 Å². The highest BCUT2D eigenvalue weighted by Crippen LogP contribution is 2.41. The van der Waals surface area contributed by atoms with Crippen molar-refractivity contribution in [2.75, 3.05) is 32.8 Å². The van der Waals surface area contributed by atoms with Gasteiger partial charge in [0.25, 0.3) is 11.5 Å². The van der Waals surface area contributed by atoms with E-state index in [4.69, 9.17) is 4.74 Å². The van der Waals surface area contributed by atoms with E-state index in [1.54, 1.807) is 24.0 Å². The van der Waals surface area contributed by atoms with Gasteiger partial charge in [0, 0.05) is 44.6 Å². The van der Waals surface area contributed by atoms with Gasteiger partial charge < -0.3 is 19.5 Å². The smallest absolute Gasteiger partial charge is 0.260 e. The fraction of sp³-hybridized carbons (Fsp3) is 0.650. The first-order valence-corrected chi connectivity index (χ1v) is 9.88. The van der Waals surface area contributed by atoms with E-state index in [9.17, 15) is 14.4 Å². The Morgan fingerprint density at radius 1 is 1.19 bits per heavy atom. The van der Waals surface area contributed by atoms with E-state index in [1.807, 2.05) is 4.90 Å². The summed E-state index contributed by atoms with van der Waals surface area (Å²) in [5, 5.41) is 0. The van der Waals surface area contributed by atoms with Gasteiger partial charge in [0.15, 0.2) is 0 Å². The van der Waals surface area contributed by atoms with Gasteiger partial charge in [0.1, 0.15) is 5.56 Å². The molecule has 1 N–H and O–H groups in total. The molecule has 7 heteroatoms. The summed E-state index contributed by atoms with van der Waals surface area (Å²) < 4.78 is 5.44. The molecule has 3 aliphatic heterocycles. The lowest BCUT2D eigenvalue weighted by atomic mass is 9.77. The third-order valence-corrected chi connectivity index (χ3v) is 6.33. The van der Waals surface area contributed by atoms with Crippen LogP contribution in [0, 0.1) is 12.3 Å². The quantitative estimate of drug-likeness (QED) is 0.848. The number of nitrogens with zero attached hydrogens (tertiary/aromatic N) is 2. The molecule has 7 nitrogen and oxygen atoms in total. The van der Waals surface area contributed by atoms with Crippen molar-refractivity contribution in [3.63, 3.8) is 0 Å². The first kappa shape index (κ1) is 18.2. The Morgan fingerprint density at radius 3 is 2.70 bits per heavy atom. The number of ether oxygens (including phenoxy) is 1. The molecule has 2 amide bonds. The van der Waals surface area contributed by atoms with Crippen LogP contribution < -0.4 is 5.56 Å². The molecule has 3 fully saturated rings. The van der Waals surface area contributed by atoms with E-state index in [-0.39, 0.29) is 29.0 Å². The summed E-state index contributed by atoms with van der Waals surface area (Å²) >= 11 is 0. The molecule has 146 valence electrons. The molecule has 1 atom stereocenters. The molecule has 0 radical (unpaired) electrons. The van der Waals surface area contributed by atoms with Crippen molar-refractivity contribution in [2.24, 2.45) is 5.41 Å². The Morgan fingerprint density at radius 2 is 1.96 bits per heavy atom. The van der Waals surface area contributed by atoms with Crippen LogP contribution in [0.1, 0.15) is 48.2 Å². The van der Waals surface area contributed by atoms with Gasteiger partial charge in [-0.2, -0.15) is 0 Å². The zero-order valence-electron chi connectivity index (χ0n) is 15.8. The fourth-order valence-electron chi connectivity index (χ4n) is 4.78. The molecule has 0 bridgehead atoms. The van der Waals surface area contributed by atoms with Crippen LogP contribution in [0.15, 0.2) is 16.9 Å². The normalized spacial score (nSPS) is 26.8. The van der Waals surface area contributed by atoms with E-state index in [1.165, 1.54) is 0 Å². The van der Waals surface area contributed by atoms with Crippen molar-refractivity contribution in [2.45, 2.75) is 45.1 Å². The second-order valence-corrected chi connectivity index (χ2v) is 8.09. The van der Waals surface area contributed by atoms with Crippen molar-refractivity contribution < 1.29 is 14.3 Å². The van der Waals surface area contributed by atoms with Gasteiger partial charge in [-0.15, -0.1) is 0 Å². The number of likely N-dealkylation sites (tertiary alicyclic amines) is 2. The molecule has 1 aromatic heterocycles. The van der Waals surface area contributed by atoms with Crippen molar-refractivity contribution in [1.29, 1.82) is 0 Å². The van der Waals surface area contributed by atoms with E-state index < -0.39 is 5.41 Å². The third kappa shape index (κ3) is 3.29. The maximum absolute atomic E-state index is 13.3. The van der Waals surface area contributed by atoms with Gasteiger partial charge in [-0.05, 0) is 51.2 Å². The maximum atomic E-state index is 13.3. The molecule has 3 saturated heterocycles.